The summed E-state index contributed by atoms with van der Waals surface area (Å²) in [6, 6.07) is 3.87. The molecule has 3 heteroatoms. The average molecular weight is 212 g/mol. The second-order valence-electron chi connectivity index (χ2n) is 4.93. The number of carbonyl (C=O) groups is 1. The quantitative estimate of drug-likeness (QED) is 0.673. The molecule has 0 saturated heterocycles. The maximum Gasteiger partial charge on any atom is 0.164 e. The fourth-order valence-corrected chi connectivity index (χ4v) is 2.39. The Bertz CT molecular complexity index is 602. The third-order valence-electron chi connectivity index (χ3n) is 3.24. The number of Topliss-reactive ketones (excluding diaryl/α,β-unsaturated/α-hetero) is 1. The largest absolute Gasteiger partial charge is 0.294 e. The van der Waals surface area contributed by atoms with Crippen LogP contribution in [0.2, 0.25) is 0 Å². The van der Waals surface area contributed by atoms with Crippen LogP contribution in [0, 0.1) is 0 Å². The van der Waals surface area contributed by atoms with Gasteiger partial charge in [-0.05, 0) is 23.1 Å². The van der Waals surface area contributed by atoms with Crippen LogP contribution in [0.5, 0.6) is 0 Å². The summed E-state index contributed by atoms with van der Waals surface area (Å²) in [4.78, 5) is 20.4. The molecule has 0 N–H and O–H groups in total. The lowest BCUT2D eigenvalue weighted by Crippen LogP contribution is -2.12. The Kier molecular flexibility index (Phi) is 1.70. The van der Waals surface area contributed by atoms with Crippen molar-refractivity contribution in [1.29, 1.82) is 0 Å². The van der Waals surface area contributed by atoms with Crippen LogP contribution in [0.3, 0.4) is 0 Å². The van der Waals surface area contributed by atoms with E-state index >= 15 is 0 Å². The van der Waals surface area contributed by atoms with Crippen molar-refractivity contribution in [2.24, 2.45) is 0 Å². The number of nitrogens with zero attached hydrogens (tertiary/aromatic N) is 2. The fourth-order valence-electron chi connectivity index (χ4n) is 2.39. The maximum atomic E-state index is 11.9. The third kappa shape index (κ3) is 1.18. The van der Waals surface area contributed by atoms with Gasteiger partial charge in [-0.15, -0.1) is 0 Å². The van der Waals surface area contributed by atoms with E-state index < -0.39 is 0 Å². The first-order chi connectivity index (χ1) is 7.58. The van der Waals surface area contributed by atoms with Crippen molar-refractivity contribution in [2.75, 3.05) is 0 Å². The summed E-state index contributed by atoms with van der Waals surface area (Å²) in [5, 5.41) is 0. The molecule has 80 valence electrons. The summed E-state index contributed by atoms with van der Waals surface area (Å²) in [7, 11) is 0. The average Bonchev–Trinajstić information content (AvgIpc) is 2.47. The number of aromatic nitrogens is 2. The number of ketones is 1. The first-order valence-corrected chi connectivity index (χ1v) is 5.36. The van der Waals surface area contributed by atoms with E-state index in [0.717, 1.165) is 22.2 Å². The fraction of sp³-hybridized carbons (Fsp3) is 0.308. The van der Waals surface area contributed by atoms with Crippen molar-refractivity contribution < 1.29 is 4.79 Å². The molecule has 0 radical (unpaired) electrons. The molecule has 1 aromatic heterocycles. The van der Waals surface area contributed by atoms with E-state index in [0.29, 0.717) is 6.42 Å². The van der Waals surface area contributed by atoms with Crippen LogP contribution in [-0.4, -0.2) is 15.8 Å². The Morgan fingerprint density at radius 3 is 2.44 bits per heavy atom. The van der Waals surface area contributed by atoms with Gasteiger partial charge >= 0.3 is 0 Å². The first-order valence-electron chi connectivity index (χ1n) is 5.36. The summed E-state index contributed by atoms with van der Waals surface area (Å²) < 4.78 is 0. The highest BCUT2D eigenvalue weighted by molar-refractivity contribution is 6.04. The molecule has 1 aromatic carbocycles. The van der Waals surface area contributed by atoms with Crippen molar-refractivity contribution >= 4 is 16.8 Å². The second kappa shape index (κ2) is 2.88. The van der Waals surface area contributed by atoms with Gasteiger partial charge in [0.15, 0.2) is 5.78 Å². The zero-order valence-corrected chi connectivity index (χ0v) is 9.32. The molecule has 16 heavy (non-hydrogen) atoms. The van der Waals surface area contributed by atoms with Gasteiger partial charge in [0.2, 0.25) is 0 Å². The Hall–Kier alpha value is -1.77. The molecule has 0 saturated carbocycles. The van der Waals surface area contributed by atoms with Gasteiger partial charge in [-0.1, -0.05) is 13.8 Å². The van der Waals surface area contributed by atoms with Gasteiger partial charge in [0.1, 0.15) is 0 Å². The second-order valence-corrected chi connectivity index (χ2v) is 4.93. The lowest BCUT2D eigenvalue weighted by atomic mass is 9.86. The van der Waals surface area contributed by atoms with Crippen molar-refractivity contribution in [3.8, 4) is 0 Å². The molecular weight excluding hydrogens is 200 g/mol. The molecule has 0 fully saturated rings. The molecule has 3 nitrogen and oxygen atoms in total. The number of carbonyl (C=O) groups excluding carboxylic acids is 1. The summed E-state index contributed by atoms with van der Waals surface area (Å²) in [6.45, 7) is 4.19. The summed E-state index contributed by atoms with van der Waals surface area (Å²) in [5.74, 6) is 0.215. The molecular formula is C13H12N2O. The highest BCUT2D eigenvalue weighted by Gasteiger charge is 2.36. The van der Waals surface area contributed by atoms with Crippen LogP contribution < -0.4 is 0 Å². The minimum atomic E-state index is -0.0713. The van der Waals surface area contributed by atoms with E-state index in [1.54, 1.807) is 12.4 Å². The molecule has 0 bridgehead atoms. The van der Waals surface area contributed by atoms with Gasteiger partial charge in [0.05, 0.1) is 11.0 Å². The maximum absolute atomic E-state index is 11.9. The van der Waals surface area contributed by atoms with Crippen LogP contribution in [0.25, 0.3) is 11.0 Å². The highest BCUT2D eigenvalue weighted by atomic mass is 16.1. The standard InChI is InChI=1S/C13H12N2O/c1-13(2)7-12(16)8-5-10-11(6-9(8)13)15-4-3-14-10/h3-6H,7H2,1-2H3. The van der Waals surface area contributed by atoms with E-state index in [2.05, 4.69) is 23.8 Å². The number of hydrogen-bond acceptors (Lipinski definition) is 3. The summed E-state index contributed by atoms with van der Waals surface area (Å²) in [5.41, 5.74) is 3.51. The molecule has 1 aliphatic rings. The van der Waals surface area contributed by atoms with E-state index in [1.165, 1.54) is 0 Å². The predicted octanol–water partition coefficient (Wildman–Crippen LogP) is 2.49. The number of benzene rings is 1. The number of fused-ring (bicyclic) bond motifs is 2. The zero-order chi connectivity index (χ0) is 11.3. The van der Waals surface area contributed by atoms with E-state index in [-0.39, 0.29) is 11.2 Å². The normalized spacial score (nSPS) is 17.8. The highest BCUT2D eigenvalue weighted by Crippen LogP contribution is 2.39. The van der Waals surface area contributed by atoms with Crippen LogP contribution in [0.4, 0.5) is 0 Å². The van der Waals surface area contributed by atoms with E-state index in [4.69, 9.17) is 0 Å². The Balaban J connectivity index is 2.38. The van der Waals surface area contributed by atoms with Gasteiger partial charge in [0.25, 0.3) is 0 Å². The minimum absolute atomic E-state index is 0.0713. The molecule has 1 aliphatic carbocycles. The monoisotopic (exact) mass is 212 g/mol. The van der Waals surface area contributed by atoms with E-state index in [1.807, 2.05) is 12.1 Å². The third-order valence-corrected chi connectivity index (χ3v) is 3.24. The molecule has 0 atom stereocenters. The molecule has 0 amide bonds. The van der Waals surface area contributed by atoms with Crippen molar-refractivity contribution in [2.45, 2.75) is 25.7 Å². The lowest BCUT2D eigenvalue weighted by molar-refractivity contribution is 0.0979. The number of hydrogen-bond donors (Lipinski definition) is 0. The van der Waals surface area contributed by atoms with Gasteiger partial charge in [-0.3, -0.25) is 14.8 Å². The van der Waals surface area contributed by atoms with Gasteiger partial charge in [-0.2, -0.15) is 0 Å². The minimum Gasteiger partial charge on any atom is -0.294 e. The molecule has 1 heterocycles. The van der Waals surface area contributed by atoms with Crippen LogP contribution in [-0.2, 0) is 5.41 Å². The van der Waals surface area contributed by atoms with Crippen molar-refractivity contribution in [3.63, 3.8) is 0 Å². The van der Waals surface area contributed by atoms with Crippen LogP contribution >= 0.6 is 0 Å². The molecule has 0 unspecified atom stereocenters. The molecule has 0 aliphatic heterocycles. The van der Waals surface area contributed by atoms with Gasteiger partial charge in [-0.25, -0.2) is 0 Å². The Morgan fingerprint density at radius 1 is 1.12 bits per heavy atom. The molecule has 0 spiro atoms. The Morgan fingerprint density at radius 2 is 1.75 bits per heavy atom. The molecule has 3 rings (SSSR count). The first kappa shape index (κ1) is 9.46. The van der Waals surface area contributed by atoms with E-state index in [9.17, 15) is 4.79 Å². The lowest BCUT2D eigenvalue weighted by Gasteiger charge is -2.17. The SMILES string of the molecule is CC1(C)CC(=O)c2cc3nccnc3cc21. The summed E-state index contributed by atoms with van der Waals surface area (Å²) >= 11 is 0. The topological polar surface area (TPSA) is 42.9 Å². The summed E-state index contributed by atoms with van der Waals surface area (Å²) in [6.07, 6.45) is 3.91. The van der Waals surface area contributed by atoms with Gasteiger partial charge < -0.3 is 0 Å². The smallest absolute Gasteiger partial charge is 0.164 e. The van der Waals surface area contributed by atoms with Gasteiger partial charge in [0, 0.05) is 24.4 Å². The van der Waals surface area contributed by atoms with Crippen molar-refractivity contribution in [3.05, 3.63) is 35.7 Å². The Labute approximate surface area is 93.5 Å². The zero-order valence-electron chi connectivity index (χ0n) is 9.32. The predicted molar refractivity (Wildman–Crippen MR) is 61.5 cm³/mol. The molecule has 2 aromatic rings. The number of rotatable bonds is 0. The van der Waals surface area contributed by atoms with Crippen molar-refractivity contribution in [1.82, 2.24) is 9.97 Å². The van der Waals surface area contributed by atoms with Crippen LogP contribution in [0.1, 0.15) is 36.2 Å². The van der Waals surface area contributed by atoms with Crippen LogP contribution in [0.15, 0.2) is 24.5 Å².